The van der Waals surface area contributed by atoms with Crippen LogP contribution in [0.1, 0.15) is 26.2 Å². The summed E-state index contributed by atoms with van der Waals surface area (Å²) in [6.07, 6.45) is 1.68. The smallest absolute Gasteiger partial charge is 0.262 e. The number of hydrogen-bond acceptors (Lipinski definition) is 4. The highest BCUT2D eigenvalue weighted by Gasteiger charge is 2.24. The number of anilines is 1. The molecule has 0 aliphatic heterocycles. The molecule has 7 heteroatoms. The fourth-order valence-corrected chi connectivity index (χ4v) is 4.04. The Labute approximate surface area is 189 Å². The van der Waals surface area contributed by atoms with Crippen molar-refractivity contribution in [2.24, 2.45) is 0 Å². The Morgan fingerprint density at radius 3 is 2.25 bits per heavy atom. The molecule has 2 N–H and O–H groups in total. The monoisotopic (exact) mass is 443 g/mol. The summed E-state index contributed by atoms with van der Waals surface area (Å²) in [7, 11) is 0. The molecule has 2 aromatic heterocycles. The molecule has 0 spiro atoms. The van der Waals surface area contributed by atoms with Crippen molar-refractivity contribution in [3.63, 3.8) is 0 Å². The van der Waals surface area contributed by atoms with Gasteiger partial charge in [-0.25, -0.2) is 0 Å². The molecule has 0 saturated carbocycles. The lowest BCUT2D eigenvalue weighted by Gasteiger charge is -2.19. The Balaban J connectivity index is 1.54. The van der Waals surface area contributed by atoms with E-state index in [-0.39, 0.29) is 17.4 Å². The highest BCUT2D eigenvalue weighted by Crippen LogP contribution is 2.20. The Kier molecular flexibility index (Phi) is 6.28. The highest BCUT2D eigenvalue weighted by molar-refractivity contribution is 7.13. The number of amides is 2. The van der Waals surface area contributed by atoms with Crippen molar-refractivity contribution in [1.82, 2.24) is 9.88 Å². The van der Waals surface area contributed by atoms with Crippen molar-refractivity contribution >= 4 is 28.8 Å². The van der Waals surface area contributed by atoms with Crippen LogP contribution in [0, 0.1) is 6.92 Å². The lowest BCUT2D eigenvalue weighted by molar-refractivity contribution is -0.118. The van der Waals surface area contributed by atoms with E-state index >= 15 is 0 Å². The van der Waals surface area contributed by atoms with Crippen LogP contribution in [-0.2, 0) is 4.79 Å². The van der Waals surface area contributed by atoms with Crippen molar-refractivity contribution in [1.29, 1.82) is 0 Å². The number of aromatic nitrogens is 1. The van der Waals surface area contributed by atoms with Crippen LogP contribution in [0.3, 0.4) is 0 Å². The van der Waals surface area contributed by atoms with Crippen LogP contribution < -0.4 is 16.2 Å². The molecule has 0 aliphatic carbocycles. The molecule has 1 unspecified atom stereocenters. The number of nitrogens with zero attached hydrogens (tertiary/aromatic N) is 1. The minimum absolute atomic E-state index is 0.139. The standard InChI is InChI=1S/C25H21N3O3S/c1-17-10-15-21(32-17)24(30)27-23(18-7-3-2-4-8-18)25(31)26-19-11-13-20(14-12-19)28-16-6-5-9-22(28)29/h2-16,23H,1H3,(H,26,31)(H,27,30). The van der Waals surface area contributed by atoms with Crippen molar-refractivity contribution < 1.29 is 9.59 Å². The summed E-state index contributed by atoms with van der Waals surface area (Å²) in [5.74, 6) is -0.659. The second kappa shape index (κ2) is 9.45. The molecule has 4 aromatic rings. The number of benzene rings is 2. The number of thiophene rings is 1. The van der Waals surface area contributed by atoms with E-state index in [0.717, 1.165) is 4.88 Å². The zero-order valence-electron chi connectivity index (χ0n) is 17.3. The van der Waals surface area contributed by atoms with Crippen LogP contribution in [0.25, 0.3) is 5.69 Å². The van der Waals surface area contributed by atoms with E-state index in [9.17, 15) is 14.4 Å². The van der Waals surface area contributed by atoms with Crippen molar-refractivity contribution in [3.05, 3.63) is 117 Å². The molecule has 0 radical (unpaired) electrons. The Bertz CT molecular complexity index is 1290. The maximum atomic E-state index is 13.1. The first kappa shape index (κ1) is 21.3. The van der Waals surface area contributed by atoms with E-state index in [4.69, 9.17) is 0 Å². The Hall–Kier alpha value is -3.97. The average Bonchev–Trinajstić information content (AvgIpc) is 3.25. The third kappa shape index (κ3) is 4.84. The highest BCUT2D eigenvalue weighted by atomic mass is 32.1. The summed E-state index contributed by atoms with van der Waals surface area (Å²) in [5, 5.41) is 5.70. The van der Waals surface area contributed by atoms with Crippen LogP contribution in [0.5, 0.6) is 0 Å². The van der Waals surface area contributed by atoms with E-state index in [0.29, 0.717) is 21.8 Å². The van der Waals surface area contributed by atoms with Crippen molar-refractivity contribution in [2.45, 2.75) is 13.0 Å². The molecule has 2 amide bonds. The molecule has 0 fully saturated rings. The molecule has 0 aliphatic rings. The predicted molar refractivity (Wildman–Crippen MR) is 126 cm³/mol. The molecule has 0 bridgehead atoms. The number of carbonyl (C=O) groups is 2. The van der Waals surface area contributed by atoms with E-state index < -0.39 is 6.04 Å². The number of hydrogen-bond donors (Lipinski definition) is 2. The zero-order chi connectivity index (χ0) is 22.5. The summed E-state index contributed by atoms with van der Waals surface area (Å²) in [4.78, 5) is 39.4. The first-order chi connectivity index (χ1) is 15.5. The average molecular weight is 444 g/mol. The van der Waals surface area contributed by atoms with Gasteiger partial charge in [0.1, 0.15) is 6.04 Å². The molecule has 1 atom stereocenters. The van der Waals surface area contributed by atoms with Gasteiger partial charge in [0.15, 0.2) is 0 Å². The molecule has 0 saturated heterocycles. The van der Waals surface area contributed by atoms with Gasteiger partial charge < -0.3 is 10.6 Å². The number of aryl methyl sites for hydroxylation is 1. The molecule has 4 rings (SSSR count). The normalized spacial score (nSPS) is 11.5. The van der Waals surface area contributed by atoms with E-state index in [1.807, 2.05) is 31.2 Å². The lowest BCUT2D eigenvalue weighted by Crippen LogP contribution is -2.36. The van der Waals surface area contributed by atoms with Gasteiger partial charge in [0.25, 0.3) is 17.4 Å². The summed E-state index contributed by atoms with van der Waals surface area (Å²) >= 11 is 1.38. The first-order valence-electron chi connectivity index (χ1n) is 10.0. The van der Waals surface area contributed by atoms with Gasteiger partial charge in [-0.2, -0.15) is 0 Å². The number of rotatable bonds is 6. The second-order valence-corrected chi connectivity index (χ2v) is 8.46. The summed E-state index contributed by atoms with van der Waals surface area (Å²) < 4.78 is 1.52. The van der Waals surface area contributed by atoms with E-state index in [2.05, 4.69) is 10.6 Å². The lowest BCUT2D eigenvalue weighted by atomic mass is 10.1. The molecule has 32 heavy (non-hydrogen) atoms. The minimum atomic E-state index is -0.859. The Morgan fingerprint density at radius 1 is 0.875 bits per heavy atom. The third-order valence-corrected chi connectivity index (χ3v) is 5.87. The van der Waals surface area contributed by atoms with E-state index in [1.54, 1.807) is 60.8 Å². The van der Waals surface area contributed by atoms with E-state index in [1.165, 1.54) is 22.0 Å². The minimum Gasteiger partial charge on any atom is -0.336 e. The van der Waals surface area contributed by atoms with Gasteiger partial charge in [0, 0.05) is 28.5 Å². The number of nitrogens with one attached hydrogen (secondary N) is 2. The first-order valence-corrected chi connectivity index (χ1v) is 10.8. The molecular formula is C25H21N3O3S. The molecule has 160 valence electrons. The van der Waals surface area contributed by atoms with Gasteiger partial charge in [-0.05, 0) is 55.0 Å². The number of carbonyl (C=O) groups excluding carboxylic acids is 2. The van der Waals surface area contributed by atoms with Gasteiger partial charge in [0.2, 0.25) is 0 Å². The SMILES string of the molecule is Cc1ccc(C(=O)NC(C(=O)Nc2ccc(-n3ccccc3=O)cc2)c2ccccc2)s1. The van der Waals surface area contributed by atoms with Crippen molar-refractivity contribution in [2.75, 3.05) is 5.32 Å². The quantitative estimate of drug-likeness (QED) is 0.466. The molecule has 2 heterocycles. The molecule has 6 nitrogen and oxygen atoms in total. The summed E-state index contributed by atoms with van der Waals surface area (Å²) in [6.45, 7) is 1.93. The second-order valence-electron chi connectivity index (χ2n) is 7.17. The summed E-state index contributed by atoms with van der Waals surface area (Å²) in [6, 6.07) is 23.8. The topological polar surface area (TPSA) is 80.2 Å². The van der Waals surface area contributed by atoms with Gasteiger partial charge in [-0.15, -0.1) is 11.3 Å². The van der Waals surface area contributed by atoms with Crippen LogP contribution in [-0.4, -0.2) is 16.4 Å². The largest absolute Gasteiger partial charge is 0.336 e. The van der Waals surface area contributed by atoms with Gasteiger partial charge in [-0.1, -0.05) is 36.4 Å². The van der Waals surface area contributed by atoms with Gasteiger partial charge in [0.05, 0.1) is 4.88 Å². The fraction of sp³-hybridized carbons (Fsp3) is 0.0800. The van der Waals surface area contributed by atoms with Crippen LogP contribution in [0.2, 0.25) is 0 Å². The predicted octanol–water partition coefficient (Wildman–Crippen LogP) is 4.32. The number of pyridine rings is 1. The Morgan fingerprint density at radius 2 is 1.59 bits per heavy atom. The molecule has 2 aromatic carbocycles. The maximum absolute atomic E-state index is 13.1. The zero-order valence-corrected chi connectivity index (χ0v) is 18.1. The van der Waals surface area contributed by atoms with Gasteiger partial charge in [-0.3, -0.25) is 19.0 Å². The molecular weight excluding hydrogens is 422 g/mol. The van der Waals surface area contributed by atoms with Crippen LogP contribution in [0.15, 0.2) is 95.9 Å². The maximum Gasteiger partial charge on any atom is 0.262 e. The fourth-order valence-electron chi connectivity index (χ4n) is 3.27. The van der Waals surface area contributed by atoms with Crippen molar-refractivity contribution in [3.8, 4) is 5.69 Å². The summed E-state index contributed by atoms with van der Waals surface area (Å²) in [5.41, 5.74) is 1.79. The van der Waals surface area contributed by atoms with Gasteiger partial charge >= 0.3 is 0 Å². The van der Waals surface area contributed by atoms with Crippen LogP contribution >= 0.6 is 11.3 Å². The third-order valence-electron chi connectivity index (χ3n) is 4.87. The van der Waals surface area contributed by atoms with Crippen LogP contribution in [0.4, 0.5) is 5.69 Å².